The Labute approximate surface area is 202 Å². The van der Waals surface area contributed by atoms with Crippen molar-refractivity contribution in [2.75, 3.05) is 19.8 Å². The van der Waals surface area contributed by atoms with E-state index in [0.717, 1.165) is 5.56 Å². The molecule has 6 nitrogen and oxygen atoms in total. The van der Waals surface area contributed by atoms with Gasteiger partial charge in [-0.05, 0) is 54.7 Å². The van der Waals surface area contributed by atoms with Gasteiger partial charge in [-0.25, -0.2) is 9.38 Å². The van der Waals surface area contributed by atoms with Crippen LogP contribution in [0.5, 0.6) is 0 Å². The number of epoxide rings is 1. The van der Waals surface area contributed by atoms with Crippen molar-refractivity contribution < 1.29 is 18.2 Å². The van der Waals surface area contributed by atoms with Gasteiger partial charge in [-0.1, -0.05) is 36.4 Å². The van der Waals surface area contributed by atoms with E-state index in [1.165, 1.54) is 29.9 Å². The van der Waals surface area contributed by atoms with Crippen molar-refractivity contribution in [2.24, 2.45) is 16.0 Å². The van der Waals surface area contributed by atoms with Gasteiger partial charge in [0.2, 0.25) is 0 Å². The van der Waals surface area contributed by atoms with Crippen molar-refractivity contribution in [3.63, 3.8) is 0 Å². The second-order valence-electron chi connectivity index (χ2n) is 6.95. The number of nitrogens with one attached hydrogen (secondary N) is 1. The van der Waals surface area contributed by atoms with Gasteiger partial charge in [-0.15, -0.1) is 11.6 Å². The Morgan fingerprint density at radius 2 is 2.06 bits per heavy atom. The highest BCUT2D eigenvalue weighted by molar-refractivity contribution is 8.72. The molecular formula is C21H26ClFN3O3PS2. The fourth-order valence-electron chi connectivity index (χ4n) is 3.44. The predicted molar refractivity (Wildman–Crippen MR) is 134 cm³/mol. The van der Waals surface area contributed by atoms with Gasteiger partial charge in [0.15, 0.2) is 0 Å². The fourth-order valence-corrected chi connectivity index (χ4v) is 7.28. The molecule has 0 radical (unpaired) electrons. The Kier molecular flexibility index (Phi) is 9.49. The first-order valence-corrected chi connectivity index (χ1v) is 14.8. The average Bonchev–Trinajstić information content (AvgIpc) is 3.49. The smallest absolute Gasteiger partial charge is 0.253 e. The average molecular weight is 518 g/mol. The lowest BCUT2D eigenvalue weighted by Crippen LogP contribution is -2.31. The monoisotopic (exact) mass is 517 g/mol. The summed E-state index contributed by atoms with van der Waals surface area (Å²) < 4.78 is 31.1. The number of hydrogen-bond acceptors (Lipinski definition) is 7. The largest absolute Gasteiger partial charge is 0.358 e. The Bertz CT molecular complexity index is 939. The minimum atomic E-state index is -2.43. The molecule has 1 N–H and O–H groups in total. The van der Waals surface area contributed by atoms with E-state index in [0.29, 0.717) is 19.8 Å². The number of alkyl halides is 1. The molecule has 1 aliphatic heterocycles. The Morgan fingerprint density at radius 1 is 1.31 bits per heavy atom. The van der Waals surface area contributed by atoms with Crippen LogP contribution in [0.4, 0.5) is 4.39 Å². The molecule has 174 valence electrons. The van der Waals surface area contributed by atoms with Crippen LogP contribution in [0, 0.1) is 11.7 Å². The maximum atomic E-state index is 13.9. The third kappa shape index (κ3) is 6.50. The van der Waals surface area contributed by atoms with Crippen LogP contribution < -0.4 is 5.43 Å². The van der Waals surface area contributed by atoms with E-state index in [-0.39, 0.29) is 23.2 Å². The highest BCUT2D eigenvalue weighted by Crippen LogP contribution is 2.59. The van der Waals surface area contributed by atoms with E-state index >= 15 is 0 Å². The van der Waals surface area contributed by atoms with Crippen molar-refractivity contribution in [2.45, 2.75) is 30.9 Å². The van der Waals surface area contributed by atoms with Crippen molar-refractivity contribution in [1.82, 2.24) is 5.43 Å². The first-order valence-electron chi connectivity index (χ1n) is 10.2. The summed E-state index contributed by atoms with van der Waals surface area (Å²) >= 11 is 13.1. The molecule has 0 aromatic heterocycles. The zero-order valence-corrected chi connectivity index (χ0v) is 21.0. The summed E-state index contributed by atoms with van der Waals surface area (Å²) in [5.74, 6) is -0.339. The molecular weight excluding hydrogens is 492 g/mol. The molecule has 0 saturated carbocycles. The Balaban J connectivity index is 1.62. The van der Waals surface area contributed by atoms with Crippen molar-refractivity contribution in [3.8, 4) is 0 Å². The SMILES string of the molecule is CCOP(=S)(OCC)S/C=N/C=N\NCC1(c2cccc(F)c2)OC1C1C=CC=CC1Cl. The van der Waals surface area contributed by atoms with E-state index < -0.39 is 11.3 Å². The maximum Gasteiger partial charge on any atom is 0.253 e. The summed E-state index contributed by atoms with van der Waals surface area (Å²) in [5.41, 5.74) is 2.12. The number of ether oxygens (including phenoxy) is 1. The van der Waals surface area contributed by atoms with E-state index in [4.69, 9.17) is 37.2 Å². The summed E-state index contributed by atoms with van der Waals surface area (Å²) in [4.78, 5) is 4.11. The molecule has 1 aromatic carbocycles. The lowest BCUT2D eigenvalue weighted by molar-refractivity contribution is 0.278. The van der Waals surface area contributed by atoms with Crippen molar-refractivity contribution in [3.05, 3.63) is 60.0 Å². The van der Waals surface area contributed by atoms with Gasteiger partial charge < -0.3 is 19.2 Å². The minimum Gasteiger partial charge on any atom is -0.358 e. The Hall–Kier alpha value is -1.06. The molecule has 0 amide bonds. The molecule has 0 bridgehead atoms. The maximum absolute atomic E-state index is 13.9. The molecule has 1 aromatic rings. The molecule has 2 aliphatic rings. The quantitative estimate of drug-likeness (QED) is 0.100. The molecule has 11 heteroatoms. The standard InChI is InChI=1S/C21H26ClFN3O3PS2/c1-3-27-30(31,28-4-2)32-15-24-14-26-25-13-21(16-8-7-9-17(23)12-16)20(29-21)18-10-5-6-11-19(18)22/h5-12,14-15,18-20,25H,3-4,13H2,1-2H3/b24-15+,26-14-. The van der Waals surface area contributed by atoms with Gasteiger partial charge in [-0.3, -0.25) is 0 Å². The van der Waals surface area contributed by atoms with Crippen molar-refractivity contribution in [1.29, 1.82) is 0 Å². The molecule has 3 rings (SSSR count). The summed E-state index contributed by atoms with van der Waals surface area (Å²) in [5, 5.41) is 3.93. The number of hydrazone groups is 1. The number of allylic oxidation sites excluding steroid dienone is 3. The number of hydrogen-bond donors (Lipinski definition) is 1. The second kappa shape index (κ2) is 11.9. The van der Waals surface area contributed by atoms with E-state index in [2.05, 4.69) is 15.5 Å². The molecule has 4 unspecified atom stereocenters. The van der Waals surface area contributed by atoms with Crippen LogP contribution in [0.3, 0.4) is 0 Å². The molecule has 4 atom stereocenters. The number of halogens is 2. The first kappa shape index (κ1) is 25.6. The van der Waals surface area contributed by atoms with Gasteiger partial charge in [0.05, 0.1) is 30.7 Å². The zero-order chi connectivity index (χ0) is 23.0. The molecule has 0 spiro atoms. The highest BCUT2D eigenvalue weighted by atomic mass is 35.5. The van der Waals surface area contributed by atoms with Gasteiger partial charge in [-0.2, -0.15) is 5.10 Å². The number of aliphatic imine (C=N–C) groups is 1. The van der Waals surface area contributed by atoms with E-state index in [1.807, 2.05) is 44.2 Å². The lowest BCUT2D eigenvalue weighted by Gasteiger charge is -2.20. The topological polar surface area (TPSA) is 67.7 Å². The van der Waals surface area contributed by atoms with Crippen LogP contribution in [-0.2, 0) is 31.2 Å². The molecule has 1 aliphatic carbocycles. The van der Waals surface area contributed by atoms with Gasteiger partial charge in [0, 0.05) is 5.92 Å². The van der Waals surface area contributed by atoms with Gasteiger partial charge in [0.1, 0.15) is 23.9 Å². The molecule has 1 saturated heterocycles. The van der Waals surface area contributed by atoms with E-state index in [1.54, 1.807) is 11.6 Å². The van der Waals surface area contributed by atoms with Crippen LogP contribution in [0.1, 0.15) is 19.4 Å². The third-order valence-electron chi connectivity index (χ3n) is 4.88. The number of rotatable bonds is 12. The van der Waals surface area contributed by atoms with Gasteiger partial charge >= 0.3 is 0 Å². The number of benzene rings is 1. The first-order chi connectivity index (χ1) is 15.4. The summed E-state index contributed by atoms with van der Waals surface area (Å²) in [6.07, 6.45) is 8.98. The normalized spacial score (nSPS) is 27.4. The summed E-state index contributed by atoms with van der Waals surface area (Å²) in [6.45, 7) is 5.04. The van der Waals surface area contributed by atoms with Crippen LogP contribution in [0.15, 0.2) is 58.7 Å². The summed E-state index contributed by atoms with van der Waals surface area (Å²) in [6, 6.07) is 6.42. The zero-order valence-electron chi connectivity index (χ0n) is 17.8. The molecule has 32 heavy (non-hydrogen) atoms. The molecule has 1 fully saturated rings. The summed E-state index contributed by atoms with van der Waals surface area (Å²) in [7, 11) is 0. The van der Waals surface area contributed by atoms with Crippen LogP contribution >= 0.6 is 28.7 Å². The van der Waals surface area contributed by atoms with E-state index in [9.17, 15) is 4.39 Å². The van der Waals surface area contributed by atoms with Gasteiger partial charge in [0.25, 0.3) is 5.69 Å². The Morgan fingerprint density at radius 3 is 2.75 bits per heavy atom. The lowest BCUT2D eigenvalue weighted by atomic mass is 9.85. The second-order valence-corrected chi connectivity index (χ2v) is 13.5. The molecule has 1 heterocycles. The third-order valence-corrected chi connectivity index (χ3v) is 10.0. The number of nitrogens with zero attached hydrogens (tertiary/aromatic N) is 2. The van der Waals surface area contributed by atoms with Crippen LogP contribution in [-0.4, -0.2) is 43.1 Å². The predicted octanol–water partition coefficient (Wildman–Crippen LogP) is 5.36. The minimum absolute atomic E-state index is 0.0218. The van der Waals surface area contributed by atoms with Crippen molar-refractivity contribution >= 4 is 52.4 Å². The fraction of sp³-hybridized carbons (Fsp3) is 0.429. The van der Waals surface area contributed by atoms with Crippen LogP contribution in [0.25, 0.3) is 0 Å². The highest BCUT2D eigenvalue weighted by Gasteiger charge is 2.61. The van der Waals surface area contributed by atoms with Crippen LogP contribution in [0.2, 0.25) is 0 Å².